The van der Waals surface area contributed by atoms with E-state index < -0.39 is 55.3 Å². The molecule has 3 unspecified atom stereocenters. The second kappa shape index (κ2) is 46.0. The molecule has 0 bridgehead atoms. The molecule has 1 aromatic heterocycles. The molecule has 0 aromatic carbocycles. The number of esters is 2. The molecule has 6 N–H and O–H groups in total. The van der Waals surface area contributed by atoms with E-state index in [1.54, 1.807) is 0 Å². The number of nitrogens with one attached hydrogen (secondary N) is 2. The number of nitrogens with zero attached hydrogens (tertiary/aromatic N) is 3. The minimum atomic E-state index is -1.98. The Morgan fingerprint density at radius 1 is 0.632 bits per heavy atom. The van der Waals surface area contributed by atoms with E-state index in [0.29, 0.717) is 12.8 Å². The molecule has 1 fully saturated rings. The fourth-order valence-corrected chi connectivity index (χ4v) is 10.8. The van der Waals surface area contributed by atoms with Gasteiger partial charge in [-0.05, 0) is 19.3 Å². The normalized spacial score (nSPS) is 18.3. The maximum atomic E-state index is 14.0. The highest BCUT2D eigenvalue weighted by Gasteiger charge is 2.51. The lowest BCUT2D eigenvalue weighted by molar-refractivity contribution is -0.287. The standard InChI is InChI=1S/C59H109N5O11S/c1-4-7-10-13-16-19-22-25-28-31-34-37-40-53(67)60-50(58(72)61-52-43-64(63-62-52)59(48-65)57(71)56(70)51(66)45-74-59)47-76-46-49(75-55(69)42-39-36-33-30-27-24-21-18-15-12-9-6-3)44-73-54(68)41-38-35-32-29-26-23-20-17-14-11-8-5-2/h43,49-51,56-57,65-66,70-71H,4-42,44-48H2,1-3H3,(H,60,67)(H,61,72)/t49-,50-,51?,56?,57?,59+/m1/s1. The monoisotopic (exact) mass is 1100 g/mol. The first-order chi connectivity index (χ1) is 37.0. The molecule has 1 aliphatic rings. The van der Waals surface area contributed by atoms with Gasteiger partial charge in [-0.2, -0.15) is 11.8 Å². The number of anilines is 1. The van der Waals surface area contributed by atoms with Crippen LogP contribution in [-0.2, 0) is 39.1 Å². The van der Waals surface area contributed by atoms with E-state index in [2.05, 4.69) is 41.7 Å². The van der Waals surface area contributed by atoms with Gasteiger partial charge >= 0.3 is 11.9 Å². The second-order valence-corrected chi connectivity index (χ2v) is 22.8. The zero-order valence-electron chi connectivity index (χ0n) is 48.0. The van der Waals surface area contributed by atoms with Crippen molar-refractivity contribution in [2.45, 2.75) is 307 Å². The number of rotatable bonds is 51. The van der Waals surface area contributed by atoms with Gasteiger partial charge in [-0.15, -0.1) is 5.10 Å². The summed E-state index contributed by atoms with van der Waals surface area (Å²) >= 11 is 1.28. The van der Waals surface area contributed by atoms with Gasteiger partial charge in [0.2, 0.25) is 17.5 Å². The molecule has 0 saturated carbocycles. The van der Waals surface area contributed by atoms with E-state index in [1.165, 1.54) is 172 Å². The van der Waals surface area contributed by atoms with Gasteiger partial charge in [-0.25, -0.2) is 4.68 Å². The zero-order chi connectivity index (χ0) is 55.3. The van der Waals surface area contributed by atoms with Crippen molar-refractivity contribution in [3.63, 3.8) is 0 Å². The number of thioether (sulfide) groups is 1. The number of unbranched alkanes of at least 4 members (excludes halogenated alkanes) is 33. The van der Waals surface area contributed by atoms with Crippen LogP contribution >= 0.6 is 11.8 Å². The number of amides is 2. The first kappa shape index (κ1) is 69.3. The molecule has 2 heterocycles. The third-order valence-electron chi connectivity index (χ3n) is 14.7. The average Bonchev–Trinajstić information content (AvgIpc) is 3.88. The molecule has 0 spiro atoms. The third kappa shape index (κ3) is 32.3. The molecule has 76 heavy (non-hydrogen) atoms. The van der Waals surface area contributed by atoms with Crippen molar-refractivity contribution < 1.29 is 53.8 Å². The molecule has 6 atom stereocenters. The van der Waals surface area contributed by atoms with Crippen LogP contribution in [0.1, 0.15) is 271 Å². The lowest BCUT2D eigenvalue weighted by Crippen LogP contribution is -2.63. The van der Waals surface area contributed by atoms with Crippen LogP contribution in [0.15, 0.2) is 6.20 Å². The molecular weight excluding hydrogens is 987 g/mol. The van der Waals surface area contributed by atoms with Gasteiger partial charge in [0.1, 0.15) is 37.1 Å². The quantitative estimate of drug-likeness (QED) is 0.0263. The van der Waals surface area contributed by atoms with Crippen molar-refractivity contribution in [2.24, 2.45) is 0 Å². The molecule has 2 amide bonds. The van der Waals surface area contributed by atoms with Crippen LogP contribution in [0.3, 0.4) is 0 Å². The van der Waals surface area contributed by atoms with Gasteiger partial charge in [0.25, 0.3) is 0 Å². The van der Waals surface area contributed by atoms with E-state index in [-0.39, 0.29) is 61.0 Å². The highest BCUT2D eigenvalue weighted by atomic mass is 32.2. The van der Waals surface area contributed by atoms with Gasteiger partial charge in [0, 0.05) is 30.8 Å². The van der Waals surface area contributed by atoms with E-state index >= 15 is 0 Å². The zero-order valence-corrected chi connectivity index (χ0v) is 48.8. The van der Waals surface area contributed by atoms with Crippen LogP contribution < -0.4 is 10.6 Å². The van der Waals surface area contributed by atoms with Crippen LogP contribution in [0.5, 0.6) is 0 Å². The van der Waals surface area contributed by atoms with Gasteiger partial charge in [0.15, 0.2) is 5.82 Å². The maximum Gasteiger partial charge on any atom is 0.306 e. The highest BCUT2D eigenvalue weighted by Crippen LogP contribution is 2.31. The Labute approximate surface area is 463 Å². The molecule has 2 rings (SSSR count). The summed E-state index contributed by atoms with van der Waals surface area (Å²) in [4.78, 5) is 53.6. The van der Waals surface area contributed by atoms with Gasteiger partial charge in [0.05, 0.1) is 19.4 Å². The summed E-state index contributed by atoms with van der Waals surface area (Å²) in [5.74, 6) is -1.41. The first-order valence-corrected chi connectivity index (χ1v) is 31.9. The van der Waals surface area contributed by atoms with Crippen molar-refractivity contribution in [3.8, 4) is 0 Å². The Kier molecular flexibility index (Phi) is 41.9. The number of carbonyl (C=O) groups excluding carboxylic acids is 4. The lowest BCUT2D eigenvalue weighted by atomic mass is 9.95. The summed E-state index contributed by atoms with van der Waals surface area (Å²) in [6, 6.07) is -1.06. The summed E-state index contributed by atoms with van der Waals surface area (Å²) in [6.07, 6.45) is 38.7. The van der Waals surface area contributed by atoms with Crippen molar-refractivity contribution in [2.75, 3.05) is 36.6 Å². The van der Waals surface area contributed by atoms with Crippen molar-refractivity contribution >= 4 is 41.3 Å². The van der Waals surface area contributed by atoms with E-state index in [4.69, 9.17) is 14.2 Å². The van der Waals surface area contributed by atoms with Crippen LogP contribution in [0.2, 0.25) is 0 Å². The number of aliphatic hydroxyl groups excluding tert-OH is 4. The number of aliphatic hydroxyl groups is 4. The molecule has 1 aromatic rings. The number of hydrogen-bond acceptors (Lipinski definition) is 14. The molecule has 17 heteroatoms. The summed E-state index contributed by atoms with van der Waals surface area (Å²) in [5.41, 5.74) is -1.98. The van der Waals surface area contributed by atoms with Gasteiger partial charge in [-0.3, -0.25) is 19.2 Å². The number of aromatic nitrogens is 3. The van der Waals surface area contributed by atoms with E-state index in [1.807, 2.05) is 0 Å². The van der Waals surface area contributed by atoms with E-state index in [0.717, 1.165) is 68.9 Å². The van der Waals surface area contributed by atoms with Crippen molar-refractivity contribution in [1.82, 2.24) is 20.3 Å². The van der Waals surface area contributed by atoms with Gasteiger partial charge < -0.3 is 45.3 Å². The van der Waals surface area contributed by atoms with Crippen molar-refractivity contribution in [1.29, 1.82) is 0 Å². The number of ether oxygens (including phenoxy) is 3. The molecule has 16 nitrogen and oxygen atoms in total. The Hall–Kier alpha value is -2.83. The average molecular weight is 1100 g/mol. The van der Waals surface area contributed by atoms with Crippen molar-refractivity contribution in [3.05, 3.63) is 6.20 Å². The predicted octanol–water partition coefficient (Wildman–Crippen LogP) is 11.9. The lowest BCUT2D eigenvalue weighted by Gasteiger charge is -2.43. The summed E-state index contributed by atoms with van der Waals surface area (Å²) < 4.78 is 18.2. The summed E-state index contributed by atoms with van der Waals surface area (Å²) in [7, 11) is 0. The number of hydrogen-bond donors (Lipinski definition) is 6. The Bertz CT molecular complexity index is 1610. The summed E-state index contributed by atoms with van der Waals surface area (Å²) in [6.45, 7) is 5.36. The van der Waals surface area contributed by atoms with Crippen LogP contribution in [0, 0.1) is 0 Å². The van der Waals surface area contributed by atoms with Crippen LogP contribution in [-0.4, -0.2) is 121 Å². The summed E-state index contributed by atoms with van der Waals surface area (Å²) in [5, 5.41) is 55.0. The largest absolute Gasteiger partial charge is 0.462 e. The van der Waals surface area contributed by atoms with E-state index in [9.17, 15) is 39.6 Å². The smallest absolute Gasteiger partial charge is 0.306 e. The molecule has 1 aliphatic heterocycles. The van der Waals surface area contributed by atoms with Crippen LogP contribution in [0.25, 0.3) is 0 Å². The van der Waals surface area contributed by atoms with Crippen LogP contribution in [0.4, 0.5) is 5.82 Å². The highest BCUT2D eigenvalue weighted by molar-refractivity contribution is 7.99. The maximum absolute atomic E-state index is 14.0. The SMILES string of the molecule is CCCCCCCCCCCCCCC(=O)N[C@H](CSC[C@@H](COC(=O)CCCCCCCCCCCCCC)OC(=O)CCCCCCCCCCCCCC)C(=O)Nc1cn([C@@]2(CO)OCC(O)C(O)C2O)nn1. The van der Waals surface area contributed by atoms with Gasteiger partial charge in [-0.1, -0.05) is 238 Å². The minimum Gasteiger partial charge on any atom is -0.462 e. The molecule has 1 saturated heterocycles. The molecular formula is C59H109N5O11S. The minimum absolute atomic E-state index is 0.0795. The Balaban J connectivity index is 2.03. The topological polar surface area (TPSA) is 232 Å². The molecule has 442 valence electrons. The second-order valence-electron chi connectivity index (χ2n) is 21.7. The fourth-order valence-electron chi connectivity index (χ4n) is 9.76. The predicted molar refractivity (Wildman–Crippen MR) is 305 cm³/mol. The Morgan fingerprint density at radius 3 is 1.50 bits per heavy atom. The number of carbonyl (C=O) groups is 4. The third-order valence-corrected chi connectivity index (χ3v) is 15.9. The Morgan fingerprint density at radius 2 is 1.05 bits per heavy atom. The fraction of sp³-hybridized carbons (Fsp3) is 0.898. The first-order valence-electron chi connectivity index (χ1n) is 30.8. The molecule has 0 radical (unpaired) electrons. The molecule has 0 aliphatic carbocycles.